The van der Waals surface area contributed by atoms with Crippen LogP contribution in [-0.4, -0.2) is 92.0 Å². The molecule has 6 rings (SSSR count). The van der Waals surface area contributed by atoms with Crippen molar-refractivity contribution in [3.8, 4) is 22.8 Å². The topological polar surface area (TPSA) is 137 Å². The number of carbonyl (C=O) groups is 2. The molecule has 4 atom stereocenters. The Labute approximate surface area is 335 Å². The fourth-order valence-corrected chi connectivity index (χ4v) is 8.76. The molecule has 1 aromatic heterocycles. The third-order valence-corrected chi connectivity index (χ3v) is 12.1. The molecule has 4 unspecified atom stereocenters. The number of amides is 3. The van der Waals surface area contributed by atoms with Gasteiger partial charge in [0.05, 0.1) is 65.0 Å². The molecule has 1 aliphatic carbocycles. The number of thioether (sulfide) groups is 1. The SMILES string of the molecule is CCCCC(C)CC.COc1cc2c(cc1OC)-c1nn(CCOCCOCCNC(=O)CCCCC3SCC4NC(=O)NC43)c(Nc3cccc(F)c3)c1C2. The predicted molar refractivity (Wildman–Crippen MR) is 221 cm³/mol. The second-order valence-electron chi connectivity index (χ2n) is 14.7. The molecule has 4 N–H and O–H groups in total. The summed E-state index contributed by atoms with van der Waals surface area (Å²) in [5, 5.41) is 17.6. The summed E-state index contributed by atoms with van der Waals surface area (Å²) in [4.78, 5) is 23.7. The fraction of sp³-hybridized carbons (Fsp3) is 0.595. The van der Waals surface area contributed by atoms with Crippen LogP contribution in [-0.2, 0) is 27.2 Å². The molecule has 0 radical (unpaired) electrons. The van der Waals surface area contributed by atoms with Gasteiger partial charge in [0.1, 0.15) is 11.6 Å². The lowest BCUT2D eigenvalue weighted by Gasteiger charge is -2.16. The molecule has 0 spiro atoms. The highest BCUT2D eigenvalue weighted by molar-refractivity contribution is 8.00. The number of carbonyl (C=O) groups excluding carboxylic acids is 2. The van der Waals surface area contributed by atoms with E-state index in [-0.39, 0.29) is 29.8 Å². The van der Waals surface area contributed by atoms with Crippen LogP contribution < -0.4 is 30.7 Å². The van der Waals surface area contributed by atoms with E-state index in [1.54, 1.807) is 20.3 Å². The minimum absolute atomic E-state index is 0.0246. The third-order valence-electron chi connectivity index (χ3n) is 10.6. The molecule has 56 heavy (non-hydrogen) atoms. The number of methoxy groups -OCH3 is 2. The molecular formula is C42H61FN6O6S. The Morgan fingerprint density at radius 1 is 1.04 bits per heavy atom. The predicted octanol–water partition coefficient (Wildman–Crippen LogP) is 7.45. The van der Waals surface area contributed by atoms with E-state index < -0.39 is 0 Å². The van der Waals surface area contributed by atoms with Gasteiger partial charge in [0.25, 0.3) is 0 Å². The van der Waals surface area contributed by atoms with Gasteiger partial charge < -0.3 is 40.2 Å². The van der Waals surface area contributed by atoms with Gasteiger partial charge in [-0.15, -0.1) is 0 Å². The Morgan fingerprint density at radius 2 is 1.82 bits per heavy atom. The zero-order chi connectivity index (χ0) is 39.9. The van der Waals surface area contributed by atoms with E-state index in [2.05, 4.69) is 42.0 Å². The third kappa shape index (κ3) is 12.0. The first-order valence-electron chi connectivity index (χ1n) is 20.2. The number of hydrogen-bond acceptors (Lipinski definition) is 9. The van der Waals surface area contributed by atoms with Gasteiger partial charge in [0.15, 0.2) is 11.5 Å². The zero-order valence-electron chi connectivity index (χ0n) is 33.7. The number of aromatic nitrogens is 2. The first-order chi connectivity index (χ1) is 27.2. The number of urea groups is 1. The van der Waals surface area contributed by atoms with E-state index in [0.717, 1.165) is 59.1 Å². The van der Waals surface area contributed by atoms with Crippen molar-refractivity contribution in [2.45, 2.75) is 102 Å². The molecule has 3 heterocycles. The molecule has 2 aliphatic heterocycles. The van der Waals surface area contributed by atoms with Gasteiger partial charge in [-0.25, -0.2) is 13.9 Å². The van der Waals surface area contributed by atoms with Crippen molar-refractivity contribution in [1.82, 2.24) is 25.7 Å². The lowest BCUT2D eigenvalue weighted by Crippen LogP contribution is -2.36. The lowest BCUT2D eigenvalue weighted by molar-refractivity contribution is -0.121. The van der Waals surface area contributed by atoms with E-state index in [1.165, 1.54) is 37.8 Å². The summed E-state index contributed by atoms with van der Waals surface area (Å²) in [6.07, 6.45) is 9.44. The Bertz CT molecular complexity index is 1720. The van der Waals surface area contributed by atoms with Crippen molar-refractivity contribution < 1.29 is 32.9 Å². The van der Waals surface area contributed by atoms with E-state index in [4.69, 9.17) is 24.0 Å². The number of nitrogens with one attached hydrogen (secondary N) is 4. The second-order valence-corrected chi connectivity index (χ2v) is 15.9. The minimum Gasteiger partial charge on any atom is -0.493 e. The summed E-state index contributed by atoms with van der Waals surface area (Å²) < 4.78 is 38.4. The molecule has 2 aromatic carbocycles. The van der Waals surface area contributed by atoms with Gasteiger partial charge >= 0.3 is 6.03 Å². The van der Waals surface area contributed by atoms with Crippen LogP contribution in [0.25, 0.3) is 11.3 Å². The van der Waals surface area contributed by atoms with Crippen LogP contribution in [0.2, 0.25) is 0 Å². The monoisotopic (exact) mass is 796 g/mol. The van der Waals surface area contributed by atoms with Gasteiger partial charge in [0, 0.05) is 47.2 Å². The van der Waals surface area contributed by atoms with Crippen molar-refractivity contribution in [1.29, 1.82) is 0 Å². The van der Waals surface area contributed by atoms with Crippen LogP contribution in [0.15, 0.2) is 36.4 Å². The maximum absolute atomic E-state index is 14.0. The molecule has 3 aromatic rings. The number of ether oxygens (including phenoxy) is 4. The van der Waals surface area contributed by atoms with Crippen molar-refractivity contribution in [3.05, 3.63) is 53.3 Å². The highest BCUT2D eigenvalue weighted by Crippen LogP contribution is 2.45. The van der Waals surface area contributed by atoms with E-state index in [9.17, 15) is 14.0 Å². The van der Waals surface area contributed by atoms with E-state index >= 15 is 0 Å². The first kappa shape index (κ1) is 43.1. The quantitative estimate of drug-likeness (QED) is 0.0472. The van der Waals surface area contributed by atoms with Crippen molar-refractivity contribution in [2.24, 2.45) is 5.92 Å². The van der Waals surface area contributed by atoms with Crippen LogP contribution in [0.5, 0.6) is 11.5 Å². The Morgan fingerprint density at radius 3 is 2.57 bits per heavy atom. The normalized spacial score (nSPS) is 18.2. The summed E-state index contributed by atoms with van der Waals surface area (Å²) in [6, 6.07) is 10.6. The average Bonchev–Trinajstić information content (AvgIpc) is 3.94. The molecule has 2 saturated heterocycles. The van der Waals surface area contributed by atoms with Crippen LogP contribution in [0.4, 0.5) is 20.7 Å². The lowest BCUT2D eigenvalue weighted by atomic mass is 10.0. The average molecular weight is 797 g/mol. The molecule has 12 nitrogen and oxygen atoms in total. The number of unbranched alkanes of at least 4 members (excludes halogenated alkanes) is 2. The van der Waals surface area contributed by atoms with E-state index in [0.29, 0.717) is 74.8 Å². The number of nitrogens with zero attached hydrogens (tertiary/aromatic N) is 2. The zero-order valence-corrected chi connectivity index (χ0v) is 34.5. The summed E-state index contributed by atoms with van der Waals surface area (Å²) in [5.74, 6) is 3.68. The summed E-state index contributed by atoms with van der Waals surface area (Å²) in [6.45, 7) is 9.39. The van der Waals surface area contributed by atoms with Gasteiger partial charge in [0.2, 0.25) is 5.91 Å². The fourth-order valence-electron chi connectivity index (χ4n) is 7.22. The Balaban J connectivity index is 0.000000677. The van der Waals surface area contributed by atoms with Crippen molar-refractivity contribution in [3.63, 3.8) is 0 Å². The molecule has 3 amide bonds. The van der Waals surface area contributed by atoms with Gasteiger partial charge in [-0.1, -0.05) is 58.9 Å². The number of fused-ring (bicyclic) bond motifs is 4. The number of halogens is 1. The number of rotatable bonds is 22. The largest absolute Gasteiger partial charge is 0.493 e. The highest BCUT2D eigenvalue weighted by atomic mass is 32.2. The van der Waals surface area contributed by atoms with Gasteiger partial charge in [-0.3, -0.25) is 4.79 Å². The molecule has 0 saturated carbocycles. The molecule has 0 bridgehead atoms. The van der Waals surface area contributed by atoms with Gasteiger partial charge in [-0.2, -0.15) is 16.9 Å². The molecular weight excluding hydrogens is 736 g/mol. The number of benzene rings is 2. The van der Waals surface area contributed by atoms with Gasteiger partial charge in [-0.05, 0) is 54.7 Å². The molecule has 2 fully saturated rings. The van der Waals surface area contributed by atoms with Crippen LogP contribution in [0.1, 0.15) is 83.3 Å². The number of anilines is 2. The van der Waals surface area contributed by atoms with Crippen molar-refractivity contribution in [2.75, 3.05) is 58.3 Å². The number of hydrogen-bond donors (Lipinski definition) is 4. The minimum atomic E-state index is -0.324. The Hall–Kier alpha value is -4.01. The molecule has 3 aliphatic rings. The van der Waals surface area contributed by atoms with Crippen molar-refractivity contribution >= 4 is 35.2 Å². The molecule has 308 valence electrons. The van der Waals surface area contributed by atoms with Crippen LogP contribution in [0, 0.1) is 11.7 Å². The van der Waals surface area contributed by atoms with Crippen LogP contribution >= 0.6 is 11.8 Å². The second kappa shape index (κ2) is 22.1. The summed E-state index contributed by atoms with van der Waals surface area (Å²) in [5.41, 5.74) is 4.55. The highest BCUT2D eigenvalue weighted by Gasteiger charge is 2.42. The maximum atomic E-state index is 14.0. The summed E-state index contributed by atoms with van der Waals surface area (Å²) >= 11 is 1.90. The summed E-state index contributed by atoms with van der Waals surface area (Å²) in [7, 11) is 3.23. The smallest absolute Gasteiger partial charge is 0.315 e. The first-order valence-corrected chi connectivity index (χ1v) is 21.3. The van der Waals surface area contributed by atoms with E-state index in [1.807, 2.05) is 34.6 Å². The van der Waals surface area contributed by atoms with Crippen LogP contribution in [0.3, 0.4) is 0 Å². The molecule has 14 heteroatoms. The maximum Gasteiger partial charge on any atom is 0.315 e. The Kier molecular flexibility index (Phi) is 17.0. The standard InChI is InChI=1S/C34H43FN6O6S.C8H18/c1-44-27-17-21-16-25-31(24(21)19-28(27)45-2)40-41(33(25)37-23-7-5-6-22(35)18-23)11-13-47-15-14-46-12-10-36-30(42)9-4-3-8-29-32-26(20-48-29)38-34(43)39-32;1-4-6-7-8(3)5-2/h5-7,17-19,26,29,32,37H,3-4,8-16,20H2,1-2H3,(H,36,42)(H2,38,39,43);8H,4-7H2,1-3H3.